The van der Waals surface area contributed by atoms with Gasteiger partial charge >= 0.3 is 0 Å². The molecule has 31 heavy (non-hydrogen) atoms. The number of carbonyl (C=O) groups excluding carboxylic acids is 1. The summed E-state index contributed by atoms with van der Waals surface area (Å²) in [6.07, 6.45) is 1.26. The topological polar surface area (TPSA) is 120 Å². The Labute approximate surface area is 187 Å². The molecule has 0 bridgehead atoms. The van der Waals surface area contributed by atoms with Crippen molar-refractivity contribution in [2.24, 2.45) is 11.8 Å². The smallest absolute Gasteiger partial charge is 0.237 e. The van der Waals surface area contributed by atoms with Gasteiger partial charge in [0, 0.05) is 6.61 Å². The van der Waals surface area contributed by atoms with Crippen LogP contribution in [-0.2, 0) is 14.3 Å². The minimum absolute atomic E-state index is 0.0518. The zero-order chi connectivity index (χ0) is 23.0. The summed E-state index contributed by atoms with van der Waals surface area (Å²) >= 11 is 0. The van der Waals surface area contributed by atoms with E-state index in [4.69, 9.17) is 9.47 Å². The summed E-state index contributed by atoms with van der Waals surface area (Å²) in [7, 11) is 0. The van der Waals surface area contributed by atoms with Gasteiger partial charge < -0.3 is 35.4 Å². The molecule has 2 saturated heterocycles. The van der Waals surface area contributed by atoms with Gasteiger partial charge in [0.25, 0.3) is 0 Å². The maximum atomic E-state index is 13.0. The van der Waals surface area contributed by atoms with Gasteiger partial charge in [0.05, 0.1) is 12.1 Å². The largest absolute Gasteiger partial charge is 0.388 e. The normalized spacial score (nSPS) is 34.8. The predicted molar refractivity (Wildman–Crippen MR) is 118 cm³/mol. The van der Waals surface area contributed by atoms with Crippen LogP contribution in [0.5, 0.6) is 0 Å². The van der Waals surface area contributed by atoms with Crippen LogP contribution < -0.4 is 10.6 Å². The number of rotatable bonds is 12. The minimum Gasteiger partial charge on any atom is -0.388 e. The predicted octanol–water partition coefficient (Wildman–Crippen LogP) is 1.31. The van der Waals surface area contributed by atoms with Crippen molar-refractivity contribution in [1.82, 2.24) is 10.6 Å². The Bertz CT molecular complexity index is 534. The van der Waals surface area contributed by atoms with E-state index in [2.05, 4.69) is 17.6 Å². The second-order valence-corrected chi connectivity index (χ2v) is 9.50. The molecule has 0 aliphatic carbocycles. The van der Waals surface area contributed by atoms with E-state index in [1.807, 2.05) is 20.8 Å². The van der Waals surface area contributed by atoms with E-state index in [0.29, 0.717) is 12.5 Å². The molecule has 2 heterocycles. The lowest BCUT2D eigenvalue weighted by molar-refractivity contribution is -0.302. The van der Waals surface area contributed by atoms with Crippen molar-refractivity contribution >= 4 is 5.91 Å². The number of aliphatic hydroxyl groups is 3. The molecule has 8 unspecified atom stereocenters. The Morgan fingerprint density at radius 2 is 1.81 bits per heavy atom. The minimum atomic E-state index is -1.41. The quantitative estimate of drug-likeness (QED) is 0.288. The molecule has 182 valence electrons. The van der Waals surface area contributed by atoms with E-state index in [9.17, 15) is 20.1 Å². The molecule has 8 nitrogen and oxygen atoms in total. The Morgan fingerprint density at radius 3 is 2.45 bits per heavy atom. The average Bonchev–Trinajstić information content (AvgIpc) is 3.21. The van der Waals surface area contributed by atoms with Gasteiger partial charge in [-0.05, 0) is 37.6 Å². The molecule has 0 aromatic heterocycles. The molecule has 2 aliphatic heterocycles. The van der Waals surface area contributed by atoms with Gasteiger partial charge in [0.15, 0.2) is 6.29 Å². The number of hydrogen-bond donors (Lipinski definition) is 5. The number of ether oxygens (including phenoxy) is 2. The highest BCUT2D eigenvalue weighted by Crippen LogP contribution is 2.28. The molecule has 0 spiro atoms. The lowest BCUT2D eigenvalue weighted by Gasteiger charge is -2.44. The second kappa shape index (κ2) is 13.1. The van der Waals surface area contributed by atoms with Crippen molar-refractivity contribution in [2.45, 2.75) is 115 Å². The molecule has 2 aliphatic rings. The number of carbonyl (C=O) groups is 1. The van der Waals surface area contributed by atoms with Gasteiger partial charge in [-0.1, -0.05) is 53.4 Å². The third-order valence-electron chi connectivity index (χ3n) is 6.52. The summed E-state index contributed by atoms with van der Waals surface area (Å²) in [5.41, 5.74) is 0. The standard InChI is InChI=1S/C23H44N2O6/c1-5-7-9-10-15-12-16(24-13-15)22(29)25-17(14(3)4)21-19(27)18(26)20(28)23(31-21)30-11-8-6-2/h14-21,23-24,26-28H,5-13H2,1-4H3,(H,25,29). The zero-order valence-electron chi connectivity index (χ0n) is 19.6. The van der Waals surface area contributed by atoms with E-state index in [1.165, 1.54) is 19.3 Å². The van der Waals surface area contributed by atoms with Crippen molar-refractivity contribution in [3.05, 3.63) is 0 Å². The lowest BCUT2D eigenvalue weighted by atomic mass is 9.88. The number of unbranched alkanes of at least 4 members (excludes halogenated alkanes) is 3. The monoisotopic (exact) mass is 444 g/mol. The molecular weight excluding hydrogens is 400 g/mol. The average molecular weight is 445 g/mol. The molecule has 2 fully saturated rings. The molecule has 2 rings (SSSR count). The molecule has 0 radical (unpaired) electrons. The molecule has 5 N–H and O–H groups in total. The van der Waals surface area contributed by atoms with Crippen molar-refractivity contribution in [2.75, 3.05) is 13.2 Å². The van der Waals surface area contributed by atoms with Gasteiger partial charge in [0.2, 0.25) is 5.91 Å². The Hall–Kier alpha value is -0.770. The maximum absolute atomic E-state index is 13.0. The third kappa shape index (κ3) is 7.37. The van der Waals surface area contributed by atoms with Gasteiger partial charge in [-0.2, -0.15) is 0 Å². The van der Waals surface area contributed by atoms with E-state index < -0.39 is 36.7 Å². The van der Waals surface area contributed by atoms with Gasteiger partial charge in [-0.3, -0.25) is 4.79 Å². The SMILES string of the molecule is CCCCCC1CNC(C(=O)NC(C(C)C)C2OC(OCCCC)C(O)C(O)C2O)C1. The van der Waals surface area contributed by atoms with E-state index in [0.717, 1.165) is 32.2 Å². The Kier molecular flexibility index (Phi) is 11.2. The first-order valence-corrected chi connectivity index (χ1v) is 12.1. The summed E-state index contributed by atoms with van der Waals surface area (Å²) < 4.78 is 11.5. The van der Waals surface area contributed by atoms with Crippen LogP contribution in [0.2, 0.25) is 0 Å². The van der Waals surface area contributed by atoms with Gasteiger partial charge in [-0.25, -0.2) is 0 Å². The fourth-order valence-electron chi connectivity index (χ4n) is 4.46. The summed E-state index contributed by atoms with van der Waals surface area (Å²) in [5.74, 6) is 0.338. The Balaban J connectivity index is 1.99. The first-order chi connectivity index (χ1) is 14.8. The van der Waals surface area contributed by atoms with Crippen LogP contribution in [-0.4, -0.2) is 77.2 Å². The van der Waals surface area contributed by atoms with Crippen LogP contribution >= 0.6 is 0 Å². The van der Waals surface area contributed by atoms with Crippen molar-refractivity contribution < 1.29 is 29.6 Å². The van der Waals surface area contributed by atoms with E-state index in [-0.39, 0.29) is 17.9 Å². The van der Waals surface area contributed by atoms with Crippen molar-refractivity contribution in [1.29, 1.82) is 0 Å². The van der Waals surface area contributed by atoms with Crippen molar-refractivity contribution in [3.63, 3.8) is 0 Å². The van der Waals surface area contributed by atoms with Crippen LogP contribution in [0.15, 0.2) is 0 Å². The lowest BCUT2D eigenvalue weighted by Crippen LogP contribution is -2.65. The molecule has 0 aromatic carbocycles. The van der Waals surface area contributed by atoms with Crippen LogP contribution in [0.3, 0.4) is 0 Å². The molecule has 0 aromatic rings. The van der Waals surface area contributed by atoms with Crippen LogP contribution in [0.1, 0.15) is 72.6 Å². The summed E-state index contributed by atoms with van der Waals surface area (Å²) in [6.45, 7) is 9.31. The second-order valence-electron chi connectivity index (χ2n) is 9.50. The number of hydrogen-bond acceptors (Lipinski definition) is 7. The number of nitrogens with one attached hydrogen (secondary N) is 2. The molecule has 0 saturated carbocycles. The maximum Gasteiger partial charge on any atom is 0.237 e. The van der Waals surface area contributed by atoms with Gasteiger partial charge in [0.1, 0.15) is 24.4 Å². The van der Waals surface area contributed by atoms with E-state index >= 15 is 0 Å². The summed E-state index contributed by atoms with van der Waals surface area (Å²) in [5, 5.41) is 37.6. The van der Waals surface area contributed by atoms with Crippen LogP contribution in [0.4, 0.5) is 0 Å². The molecule has 8 heteroatoms. The third-order valence-corrected chi connectivity index (χ3v) is 6.52. The fraction of sp³-hybridized carbons (Fsp3) is 0.957. The summed E-state index contributed by atoms with van der Waals surface area (Å²) in [6, 6.07) is -0.788. The molecular formula is C23H44N2O6. The Morgan fingerprint density at radius 1 is 1.10 bits per heavy atom. The summed E-state index contributed by atoms with van der Waals surface area (Å²) in [4.78, 5) is 13.0. The zero-order valence-corrected chi connectivity index (χ0v) is 19.6. The van der Waals surface area contributed by atoms with Crippen LogP contribution in [0.25, 0.3) is 0 Å². The highest BCUT2D eigenvalue weighted by Gasteiger charge is 2.48. The highest BCUT2D eigenvalue weighted by molar-refractivity contribution is 5.82. The van der Waals surface area contributed by atoms with Crippen molar-refractivity contribution in [3.8, 4) is 0 Å². The molecule has 1 amide bonds. The number of aliphatic hydroxyl groups excluding tert-OH is 3. The van der Waals surface area contributed by atoms with Crippen LogP contribution in [0, 0.1) is 11.8 Å². The fourth-order valence-corrected chi connectivity index (χ4v) is 4.46. The van der Waals surface area contributed by atoms with E-state index in [1.54, 1.807) is 0 Å². The number of amides is 1. The van der Waals surface area contributed by atoms with Gasteiger partial charge in [-0.15, -0.1) is 0 Å². The molecule has 8 atom stereocenters. The first kappa shape index (κ1) is 26.5. The highest BCUT2D eigenvalue weighted by atomic mass is 16.7. The first-order valence-electron chi connectivity index (χ1n) is 12.1.